The minimum Gasteiger partial charge on any atom is -0.508 e. The molecule has 0 bridgehead atoms. The maximum absolute atomic E-state index is 11.4. The lowest BCUT2D eigenvalue weighted by Gasteiger charge is -2.10. The summed E-state index contributed by atoms with van der Waals surface area (Å²) >= 11 is 0. The Bertz CT molecular complexity index is 685. The van der Waals surface area contributed by atoms with Gasteiger partial charge in [0.15, 0.2) is 11.6 Å². The van der Waals surface area contributed by atoms with E-state index in [1.54, 1.807) is 0 Å². The number of carbonyl (C=O) groups excluding carboxylic acids is 2. The van der Waals surface area contributed by atoms with Crippen LogP contribution in [0.5, 0.6) is 11.5 Å². The fourth-order valence-electron chi connectivity index (χ4n) is 2.39. The molecule has 0 radical (unpaired) electrons. The number of hydrogen-bond donors (Lipinski definition) is 2. The Hall–Kier alpha value is -2.52. The third-order valence-electron chi connectivity index (χ3n) is 3.72. The highest BCUT2D eigenvalue weighted by molar-refractivity contribution is 6.20. The van der Waals surface area contributed by atoms with Gasteiger partial charge in [0.1, 0.15) is 11.5 Å². The van der Waals surface area contributed by atoms with Crippen molar-refractivity contribution in [2.75, 3.05) is 41.7 Å². The second-order valence-electron chi connectivity index (χ2n) is 5.91. The van der Waals surface area contributed by atoms with Gasteiger partial charge in [-0.25, -0.2) is 0 Å². The molecule has 8 heteroatoms. The SMILES string of the molecule is COCC1=CC(=O)C(COC)=CC1=O.COCc1cc(O)c(COC)cc1O. The van der Waals surface area contributed by atoms with E-state index >= 15 is 0 Å². The molecule has 1 aromatic rings. The first kappa shape index (κ1) is 23.5. The number of carbonyl (C=O) groups is 2. The molecule has 1 aromatic carbocycles. The van der Waals surface area contributed by atoms with Crippen molar-refractivity contribution in [1.82, 2.24) is 0 Å². The number of methoxy groups -OCH3 is 4. The average molecular weight is 394 g/mol. The summed E-state index contributed by atoms with van der Waals surface area (Å²) in [5, 5.41) is 19.1. The van der Waals surface area contributed by atoms with Crippen LogP contribution < -0.4 is 0 Å². The third kappa shape index (κ3) is 6.90. The van der Waals surface area contributed by atoms with Gasteiger partial charge in [0.05, 0.1) is 26.4 Å². The van der Waals surface area contributed by atoms with Gasteiger partial charge in [-0.3, -0.25) is 9.59 Å². The Balaban J connectivity index is 0.000000280. The Morgan fingerprint density at radius 3 is 1.25 bits per heavy atom. The first-order valence-electron chi connectivity index (χ1n) is 8.37. The van der Waals surface area contributed by atoms with Crippen LogP contribution in [0.3, 0.4) is 0 Å². The van der Waals surface area contributed by atoms with Crippen LogP contribution in [0.4, 0.5) is 0 Å². The summed E-state index contributed by atoms with van der Waals surface area (Å²) in [5.41, 5.74) is 1.89. The molecule has 28 heavy (non-hydrogen) atoms. The molecule has 0 fully saturated rings. The molecule has 0 aromatic heterocycles. The van der Waals surface area contributed by atoms with Crippen molar-refractivity contribution in [2.24, 2.45) is 0 Å². The molecular formula is C20H26O8. The molecule has 154 valence electrons. The predicted octanol–water partition coefficient (Wildman–Crippen LogP) is 1.67. The number of hydrogen-bond acceptors (Lipinski definition) is 8. The van der Waals surface area contributed by atoms with Gasteiger partial charge in [-0.15, -0.1) is 0 Å². The number of benzene rings is 1. The van der Waals surface area contributed by atoms with Crippen LogP contribution in [0, 0.1) is 0 Å². The molecule has 0 amide bonds. The number of phenols is 2. The lowest BCUT2D eigenvalue weighted by Crippen LogP contribution is -2.18. The summed E-state index contributed by atoms with van der Waals surface area (Å²) in [6.07, 6.45) is 2.61. The minimum atomic E-state index is -0.182. The van der Waals surface area contributed by atoms with Crippen LogP contribution in [0.2, 0.25) is 0 Å². The van der Waals surface area contributed by atoms with E-state index in [9.17, 15) is 19.8 Å². The van der Waals surface area contributed by atoms with E-state index in [4.69, 9.17) is 18.9 Å². The van der Waals surface area contributed by atoms with E-state index in [1.165, 1.54) is 52.7 Å². The van der Waals surface area contributed by atoms with E-state index in [-0.39, 0.29) is 49.5 Å². The van der Waals surface area contributed by atoms with E-state index in [2.05, 4.69) is 0 Å². The van der Waals surface area contributed by atoms with E-state index in [0.29, 0.717) is 22.3 Å². The van der Waals surface area contributed by atoms with Crippen LogP contribution in [-0.4, -0.2) is 63.4 Å². The molecule has 0 heterocycles. The Morgan fingerprint density at radius 2 is 0.964 bits per heavy atom. The highest BCUT2D eigenvalue weighted by atomic mass is 16.5. The molecule has 8 nitrogen and oxygen atoms in total. The summed E-state index contributed by atoms with van der Waals surface area (Å²) in [5.74, 6) is -0.148. The average Bonchev–Trinajstić information content (AvgIpc) is 2.65. The van der Waals surface area contributed by atoms with Gasteiger partial charge < -0.3 is 29.2 Å². The molecule has 0 saturated heterocycles. The summed E-state index contributed by atoms with van der Waals surface area (Å²) in [6, 6.07) is 2.96. The van der Waals surface area contributed by atoms with E-state index in [1.807, 2.05) is 0 Å². The monoisotopic (exact) mass is 394 g/mol. The Kier molecular flexibility index (Phi) is 10.1. The number of rotatable bonds is 8. The Morgan fingerprint density at radius 1 is 0.643 bits per heavy atom. The van der Waals surface area contributed by atoms with Crippen molar-refractivity contribution in [3.05, 3.63) is 46.6 Å². The topological polar surface area (TPSA) is 112 Å². The second-order valence-corrected chi connectivity index (χ2v) is 5.91. The predicted molar refractivity (Wildman–Crippen MR) is 101 cm³/mol. The fraction of sp³-hybridized carbons (Fsp3) is 0.400. The smallest absolute Gasteiger partial charge is 0.184 e. The normalized spacial score (nSPS) is 13.6. The quantitative estimate of drug-likeness (QED) is 0.506. The van der Waals surface area contributed by atoms with Gasteiger partial charge in [0.25, 0.3) is 0 Å². The largest absolute Gasteiger partial charge is 0.508 e. The number of aromatic hydroxyl groups is 2. The zero-order chi connectivity index (χ0) is 21.1. The van der Waals surface area contributed by atoms with Crippen molar-refractivity contribution in [1.29, 1.82) is 0 Å². The molecule has 0 unspecified atom stereocenters. The van der Waals surface area contributed by atoms with E-state index < -0.39 is 0 Å². The fourth-order valence-corrected chi connectivity index (χ4v) is 2.39. The Labute approximate surface area is 164 Å². The zero-order valence-corrected chi connectivity index (χ0v) is 16.5. The highest BCUT2D eigenvalue weighted by Gasteiger charge is 2.19. The molecule has 1 aliphatic rings. The van der Waals surface area contributed by atoms with Gasteiger partial charge in [-0.05, 0) is 24.3 Å². The van der Waals surface area contributed by atoms with Crippen LogP contribution >= 0.6 is 0 Å². The number of ether oxygens (including phenoxy) is 4. The van der Waals surface area contributed by atoms with Gasteiger partial charge in [0, 0.05) is 50.7 Å². The zero-order valence-electron chi connectivity index (χ0n) is 16.5. The van der Waals surface area contributed by atoms with Crippen LogP contribution in [-0.2, 0) is 41.8 Å². The van der Waals surface area contributed by atoms with Gasteiger partial charge in [-0.1, -0.05) is 0 Å². The van der Waals surface area contributed by atoms with Crippen molar-refractivity contribution in [3.63, 3.8) is 0 Å². The lowest BCUT2D eigenvalue weighted by atomic mass is 9.98. The van der Waals surface area contributed by atoms with Gasteiger partial charge >= 0.3 is 0 Å². The van der Waals surface area contributed by atoms with Gasteiger partial charge in [0.2, 0.25) is 0 Å². The van der Waals surface area contributed by atoms with Crippen molar-refractivity contribution in [3.8, 4) is 11.5 Å². The maximum atomic E-state index is 11.4. The van der Waals surface area contributed by atoms with Gasteiger partial charge in [-0.2, -0.15) is 0 Å². The summed E-state index contributed by atoms with van der Waals surface area (Å²) in [6.45, 7) is 0.877. The molecule has 2 rings (SSSR count). The second kappa shape index (κ2) is 12.0. The molecule has 0 spiro atoms. The maximum Gasteiger partial charge on any atom is 0.184 e. The van der Waals surface area contributed by atoms with Crippen LogP contribution in [0.1, 0.15) is 11.1 Å². The van der Waals surface area contributed by atoms with Crippen LogP contribution in [0.15, 0.2) is 35.4 Å². The standard InChI is InChI=1S/C10H14O4.C10H12O4/c2*1-13-5-7-3-10(12)8(6-14-2)4-9(7)11/h3-4,11-12H,5-6H2,1-2H3;3-4H,5-6H2,1-2H3. The van der Waals surface area contributed by atoms with Crippen molar-refractivity contribution >= 4 is 11.6 Å². The molecular weight excluding hydrogens is 368 g/mol. The number of allylic oxidation sites excluding steroid dienone is 2. The minimum absolute atomic E-state index is 0.108. The molecule has 0 saturated carbocycles. The molecule has 1 aliphatic carbocycles. The summed E-state index contributed by atoms with van der Waals surface area (Å²) < 4.78 is 19.3. The molecule has 0 aliphatic heterocycles. The molecule has 0 atom stereocenters. The highest BCUT2D eigenvalue weighted by Crippen LogP contribution is 2.28. The third-order valence-corrected chi connectivity index (χ3v) is 3.72. The number of ketones is 2. The summed E-state index contributed by atoms with van der Waals surface area (Å²) in [7, 11) is 6.01. The van der Waals surface area contributed by atoms with E-state index in [0.717, 1.165) is 0 Å². The van der Waals surface area contributed by atoms with Crippen LogP contribution in [0.25, 0.3) is 0 Å². The first-order chi connectivity index (χ1) is 13.4. The summed E-state index contributed by atoms with van der Waals surface area (Å²) in [4.78, 5) is 22.8. The first-order valence-corrected chi connectivity index (χ1v) is 8.37. The number of phenolic OH excluding ortho intramolecular Hbond substituents is 2. The van der Waals surface area contributed by atoms with Crippen molar-refractivity contribution < 1.29 is 38.7 Å². The lowest BCUT2D eigenvalue weighted by molar-refractivity contribution is -0.115. The molecule has 2 N–H and O–H groups in total. The van der Waals surface area contributed by atoms with Crippen molar-refractivity contribution in [2.45, 2.75) is 13.2 Å².